The van der Waals surface area contributed by atoms with Crippen molar-refractivity contribution in [1.82, 2.24) is 9.79 Å². The lowest BCUT2D eigenvalue weighted by Gasteiger charge is -2.22. The topological polar surface area (TPSA) is 114 Å². The Morgan fingerprint density at radius 1 is 1.31 bits per heavy atom. The largest absolute Gasteiger partial charge is 0.350 e. The average molecular weight is 444 g/mol. The standard InChI is InChI=1S/C18H22ClN3O6S/c1-12(23)20-16-6-5-14(10-15(16)19)29(25,26)22-8-7-13(11-22)18(24)21-28-17-4-2-3-9-27-17/h5-7,10,17H,2-4,8-9,11H2,1H3,(H,20,23)(H,21,24). The van der Waals surface area contributed by atoms with E-state index in [0.717, 1.165) is 17.1 Å². The van der Waals surface area contributed by atoms with Crippen LogP contribution in [0.2, 0.25) is 5.02 Å². The van der Waals surface area contributed by atoms with E-state index in [1.54, 1.807) is 0 Å². The molecule has 29 heavy (non-hydrogen) atoms. The van der Waals surface area contributed by atoms with Gasteiger partial charge >= 0.3 is 0 Å². The zero-order valence-electron chi connectivity index (χ0n) is 15.8. The van der Waals surface area contributed by atoms with Crippen LogP contribution in [0.1, 0.15) is 26.2 Å². The van der Waals surface area contributed by atoms with Gasteiger partial charge in [0.25, 0.3) is 5.91 Å². The second-order valence-electron chi connectivity index (χ2n) is 6.69. The number of amides is 2. The van der Waals surface area contributed by atoms with Crippen LogP contribution in [-0.2, 0) is 29.2 Å². The highest BCUT2D eigenvalue weighted by Crippen LogP contribution is 2.28. The Balaban J connectivity index is 1.61. The summed E-state index contributed by atoms with van der Waals surface area (Å²) in [5.74, 6) is -0.821. The van der Waals surface area contributed by atoms with E-state index in [4.69, 9.17) is 21.2 Å². The van der Waals surface area contributed by atoms with E-state index < -0.39 is 22.2 Å². The first-order chi connectivity index (χ1) is 13.8. The van der Waals surface area contributed by atoms with Gasteiger partial charge in [-0.3, -0.25) is 9.59 Å². The van der Waals surface area contributed by atoms with E-state index in [-0.39, 0.29) is 34.5 Å². The van der Waals surface area contributed by atoms with Gasteiger partial charge in [-0.1, -0.05) is 17.7 Å². The molecule has 0 bridgehead atoms. The molecular weight excluding hydrogens is 422 g/mol. The Bertz CT molecular complexity index is 928. The van der Waals surface area contributed by atoms with Crippen molar-refractivity contribution in [3.8, 4) is 0 Å². The van der Waals surface area contributed by atoms with Gasteiger partial charge in [-0.05, 0) is 31.0 Å². The lowest BCUT2D eigenvalue weighted by molar-refractivity contribution is -0.198. The number of nitrogens with one attached hydrogen (secondary N) is 2. The molecule has 0 aromatic heterocycles. The molecule has 1 fully saturated rings. The molecule has 1 saturated heterocycles. The van der Waals surface area contributed by atoms with Crippen LogP contribution < -0.4 is 10.8 Å². The lowest BCUT2D eigenvalue weighted by Crippen LogP contribution is -2.36. The van der Waals surface area contributed by atoms with Crippen molar-refractivity contribution in [2.24, 2.45) is 0 Å². The maximum Gasteiger partial charge on any atom is 0.271 e. The fraction of sp³-hybridized carbons (Fsp3) is 0.444. The molecule has 11 heteroatoms. The van der Waals surface area contributed by atoms with Crippen LogP contribution in [0.15, 0.2) is 34.7 Å². The Kier molecular flexibility index (Phi) is 6.91. The van der Waals surface area contributed by atoms with E-state index in [1.807, 2.05) is 0 Å². The summed E-state index contributed by atoms with van der Waals surface area (Å²) in [5, 5.41) is 2.62. The summed E-state index contributed by atoms with van der Waals surface area (Å²) in [7, 11) is -3.87. The second-order valence-corrected chi connectivity index (χ2v) is 9.04. The molecule has 2 aliphatic heterocycles. The van der Waals surface area contributed by atoms with Gasteiger partial charge in [0.1, 0.15) is 0 Å². The molecule has 2 amide bonds. The average Bonchev–Trinajstić information content (AvgIpc) is 3.19. The van der Waals surface area contributed by atoms with E-state index in [9.17, 15) is 18.0 Å². The fourth-order valence-corrected chi connectivity index (χ4v) is 4.64. The second kappa shape index (κ2) is 9.23. The minimum Gasteiger partial charge on any atom is -0.350 e. The third-order valence-electron chi connectivity index (χ3n) is 4.49. The molecule has 9 nitrogen and oxygen atoms in total. The van der Waals surface area contributed by atoms with Crippen molar-refractivity contribution in [1.29, 1.82) is 0 Å². The van der Waals surface area contributed by atoms with Crippen molar-refractivity contribution >= 4 is 39.1 Å². The van der Waals surface area contributed by atoms with Gasteiger partial charge in [0.05, 0.1) is 15.6 Å². The number of hydrogen-bond acceptors (Lipinski definition) is 6. The normalized spacial score (nSPS) is 20.2. The molecule has 2 heterocycles. The molecule has 1 aromatic rings. The number of sulfonamides is 1. The van der Waals surface area contributed by atoms with Crippen molar-refractivity contribution in [2.45, 2.75) is 37.4 Å². The SMILES string of the molecule is CC(=O)Nc1ccc(S(=O)(=O)N2CC=C(C(=O)NOC3CCCCO3)C2)cc1Cl. The Morgan fingerprint density at radius 3 is 2.76 bits per heavy atom. The summed E-state index contributed by atoms with van der Waals surface area (Å²) in [6.07, 6.45) is 3.65. The Morgan fingerprint density at radius 2 is 2.10 bits per heavy atom. The van der Waals surface area contributed by atoms with Crippen LogP contribution in [0, 0.1) is 0 Å². The van der Waals surface area contributed by atoms with Gasteiger partial charge < -0.3 is 10.1 Å². The number of benzene rings is 1. The number of nitrogens with zero attached hydrogens (tertiary/aromatic N) is 1. The van der Waals surface area contributed by atoms with Crippen molar-refractivity contribution < 1.29 is 27.6 Å². The maximum absolute atomic E-state index is 12.9. The summed E-state index contributed by atoms with van der Waals surface area (Å²) < 4.78 is 32.2. The van der Waals surface area contributed by atoms with Crippen molar-refractivity contribution in [3.63, 3.8) is 0 Å². The number of carbonyl (C=O) groups excluding carboxylic acids is 2. The van der Waals surface area contributed by atoms with Gasteiger partial charge in [-0.15, -0.1) is 0 Å². The molecule has 1 atom stereocenters. The zero-order chi connectivity index (χ0) is 21.0. The summed E-state index contributed by atoms with van der Waals surface area (Å²) in [6, 6.07) is 4.05. The monoisotopic (exact) mass is 443 g/mol. The molecule has 2 N–H and O–H groups in total. The zero-order valence-corrected chi connectivity index (χ0v) is 17.4. The van der Waals surface area contributed by atoms with E-state index in [1.165, 1.54) is 31.2 Å². The van der Waals surface area contributed by atoms with Crippen LogP contribution in [0.4, 0.5) is 5.69 Å². The summed E-state index contributed by atoms with van der Waals surface area (Å²) >= 11 is 6.08. The number of rotatable bonds is 6. The highest BCUT2D eigenvalue weighted by atomic mass is 35.5. The van der Waals surface area contributed by atoms with Crippen molar-refractivity contribution in [3.05, 3.63) is 34.9 Å². The molecular formula is C18H22ClN3O6S. The first-order valence-electron chi connectivity index (χ1n) is 9.11. The first-order valence-corrected chi connectivity index (χ1v) is 10.9. The number of anilines is 1. The summed E-state index contributed by atoms with van der Waals surface area (Å²) in [6.45, 7) is 1.87. The van der Waals surface area contributed by atoms with Gasteiger partial charge in [0, 0.05) is 38.6 Å². The highest BCUT2D eigenvalue weighted by Gasteiger charge is 2.31. The lowest BCUT2D eigenvalue weighted by atomic mass is 10.2. The molecule has 0 saturated carbocycles. The summed E-state index contributed by atoms with van der Waals surface area (Å²) in [5.41, 5.74) is 2.93. The molecule has 0 spiro atoms. The third kappa shape index (κ3) is 5.34. The minimum atomic E-state index is -3.87. The molecule has 0 aliphatic carbocycles. The first kappa shape index (κ1) is 21.7. The van der Waals surface area contributed by atoms with Gasteiger partial charge in [0.2, 0.25) is 15.9 Å². The van der Waals surface area contributed by atoms with Crippen LogP contribution in [0.3, 0.4) is 0 Å². The van der Waals surface area contributed by atoms with Crippen LogP contribution in [0.5, 0.6) is 0 Å². The quantitative estimate of drug-likeness (QED) is 0.648. The van der Waals surface area contributed by atoms with E-state index in [2.05, 4.69) is 10.8 Å². The maximum atomic E-state index is 12.9. The van der Waals surface area contributed by atoms with Crippen LogP contribution in [-0.4, -0.2) is 50.5 Å². The number of halogens is 1. The van der Waals surface area contributed by atoms with Crippen LogP contribution >= 0.6 is 11.6 Å². The van der Waals surface area contributed by atoms with E-state index in [0.29, 0.717) is 18.7 Å². The molecule has 3 rings (SSSR count). The molecule has 158 valence electrons. The number of ether oxygens (including phenoxy) is 1. The Hall–Kier alpha value is -1.98. The number of hydroxylamine groups is 1. The predicted molar refractivity (Wildman–Crippen MR) is 105 cm³/mol. The van der Waals surface area contributed by atoms with Gasteiger partial charge in [0.15, 0.2) is 6.29 Å². The smallest absolute Gasteiger partial charge is 0.271 e. The Labute approximate surface area is 174 Å². The number of carbonyl (C=O) groups is 2. The van der Waals surface area contributed by atoms with Gasteiger partial charge in [-0.2, -0.15) is 4.31 Å². The van der Waals surface area contributed by atoms with Crippen molar-refractivity contribution in [2.75, 3.05) is 25.0 Å². The molecule has 1 aromatic carbocycles. The molecule has 0 radical (unpaired) electrons. The molecule has 1 unspecified atom stereocenters. The van der Waals surface area contributed by atoms with Gasteiger partial charge in [-0.25, -0.2) is 18.7 Å². The summed E-state index contributed by atoms with van der Waals surface area (Å²) in [4.78, 5) is 28.6. The predicted octanol–water partition coefficient (Wildman–Crippen LogP) is 1.80. The highest BCUT2D eigenvalue weighted by molar-refractivity contribution is 7.89. The minimum absolute atomic E-state index is 0.0292. The molecule has 2 aliphatic rings. The van der Waals surface area contributed by atoms with Crippen LogP contribution in [0.25, 0.3) is 0 Å². The van der Waals surface area contributed by atoms with E-state index >= 15 is 0 Å². The third-order valence-corrected chi connectivity index (χ3v) is 6.61. The number of hydrogen-bond donors (Lipinski definition) is 2. The fourth-order valence-electron chi connectivity index (χ4n) is 2.96.